The molecule has 0 saturated heterocycles. The zero-order valence-electron chi connectivity index (χ0n) is 12.7. The molecule has 1 aromatic rings. The van der Waals surface area contributed by atoms with Crippen molar-refractivity contribution in [2.45, 2.75) is 26.7 Å². The highest BCUT2D eigenvalue weighted by molar-refractivity contribution is 5.93. The molecule has 21 heavy (non-hydrogen) atoms. The fraction of sp³-hybridized carbons (Fsp3) is 0.467. The molecule has 0 unspecified atom stereocenters. The molecule has 6 nitrogen and oxygen atoms in total. The van der Waals surface area contributed by atoms with E-state index in [0.29, 0.717) is 17.2 Å². The molecule has 0 aliphatic rings. The molecule has 0 radical (unpaired) electrons. The molecule has 0 aliphatic carbocycles. The maximum absolute atomic E-state index is 12.0. The number of carboxylic acid groups (broad SMARTS) is 1. The number of nitrogens with one attached hydrogen (secondary N) is 1. The minimum absolute atomic E-state index is 0.0693. The van der Waals surface area contributed by atoms with Crippen LogP contribution in [0.1, 0.15) is 26.7 Å². The Morgan fingerprint density at radius 1 is 1.19 bits per heavy atom. The van der Waals surface area contributed by atoms with Gasteiger partial charge in [0.25, 0.3) is 0 Å². The molecule has 0 spiro atoms. The highest BCUT2D eigenvalue weighted by atomic mass is 16.5. The van der Waals surface area contributed by atoms with Crippen molar-refractivity contribution in [3.63, 3.8) is 0 Å². The van der Waals surface area contributed by atoms with Gasteiger partial charge in [-0.3, -0.25) is 9.59 Å². The molecule has 0 atom stereocenters. The Morgan fingerprint density at radius 3 is 2.38 bits per heavy atom. The number of carboxylic acids is 1. The normalized spacial score (nSPS) is 10.9. The zero-order chi connectivity index (χ0) is 16.0. The lowest BCUT2D eigenvalue weighted by atomic mass is 9.85. The lowest BCUT2D eigenvalue weighted by Crippen LogP contribution is -2.25. The van der Waals surface area contributed by atoms with Gasteiger partial charge in [-0.05, 0) is 17.5 Å². The summed E-state index contributed by atoms with van der Waals surface area (Å²) in [5.41, 5.74) is -0.0928. The third-order valence-corrected chi connectivity index (χ3v) is 2.95. The fourth-order valence-electron chi connectivity index (χ4n) is 2.00. The standard InChI is InChI=1S/C15H21NO5/c1-15(2,9-14(18)19)8-13(17)16-11-6-5-10(20-3)7-12(11)21-4/h5-7H,8-9H2,1-4H3,(H,16,17)(H,18,19). The van der Waals surface area contributed by atoms with Gasteiger partial charge in [0, 0.05) is 12.5 Å². The fourth-order valence-corrected chi connectivity index (χ4v) is 2.00. The second kappa shape index (κ2) is 6.97. The van der Waals surface area contributed by atoms with Gasteiger partial charge in [0.05, 0.1) is 26.3 Å². The lowest BCUT2D eigenvalue weighted by molar-refractivity contribution is -0.139. The summed E-state index contributed by atoms with van der Waals surface area (Å²) in [5, 5.41) is 11.6. The third kappa shape index (κ3) is 5.33. The molecule has 1 rings (SSSR count). The average Bonchev–Trinajstić information content (AvgIpc) is 2.36. The number of hydrogen-bond donors (Lipinski definition) is 2. The van der Waals surface area contributed by atoms with Gasteiger partial charge in [0.1, 0.15) is 11.5 Å². The molecule has 0 heterocycles. The molecule has 0 bridgehead atoms. The third-order valence-electron chi connectivity index (χ3n) is 2.95. The monoisotopic (exact) mass is 295 g/mol. The number of anilines is 1. The van der Waals surface area contributed by atoms with Gasteiger partial charge >= 0.3 is 5.97 Å². The molecular weight excluding hydrogens is 274 g/mol. The lowest BCUT2D eigenvalue weighted by Gasteiger charge is -2.21. The number of ether oxygens (including phenoxy) is 2. The number of aliphatic carboxylic acids is 1. The van der Waals surface area contributed by atoms with Crippen molar-refractivity contribution in [3.8, 4) is 11.5 Å². The van der Waals surface area contributed by atoms with E-state index in [1.54, 1.807) is 39.2 Å². The largest absolute Gasteiger partial charge is 0.497 e. The predicted molar refractivity (Wildman–Crippen MR) is 78.8 cm³/mol. The summed E-state index contributed by atoms with van der Waals surface area (Å²) >= 11 is 0. The van der Waals surface area contributed by atoms with Gasteiger partial charge in [0.15, 0.2) is 0 Å². The molecule has 1 aromatic carbocycles. The van der Waals surface area contributed by atoms with Crippen LogP contribution in [0.25, 0.3) is 0 Å². The van der Waals surface area contributed by atoms with Crippen molar-refractivity contribution >= 4 is 17.6 Å². The molecule has 0 aromatic heterocycles. The molecule has 116 valence electrons. The number of carbonyl (C=O) groups excluding carboxylic acids is 1. The first-order chi connectivity index (χ1) is 9.77. The second-order valence-corrected chi connectivity index (χ2v) is 5.53. The van der Waals surface area contributed by atoms with Crippen molar-refractivity contribution in [3.05, 3.63) is 18.2 Å². The van der Waals surface area contributed by atoms with E-state index in [1.807, 2.05) is 0 Å². The van der Waals surface area contributed by atoms with Gasteiger partial charge in [-0.1, -0.05) is 13.8 Å². The predicted octanol–water partition coefficient (Wildman–Crippen LogP) is 2.53. The van der Waals surface area contributed by atoms with Crippen LogP contribution in [0.4, 0.5) is 5.69 Å². The summed E-state index contributed by atoms with van der Waals surface area (Å²) in [6.45, 7) is 3.48. The van der Waals surface area contributed by atoms with Crippen molar-refractivity contribution in [1.29, 1.82) is 0 Å². The summed E-state index contributed by atoms with van der Waals surface area (Å²) in [4.78, 5) is 22.8. The van der Waals surface area contributed by atoms with Gasteiger partial charge in [0.2, 0.25) is 5.91 Å². The maximum Gasteiger partial charge on any atom is 0.303 e. The van der Waals surface area contributed by atoms with Gasteiger partial charge in [-0.25, -0.2) is 0 Å². The zero-order valence-corrected chi connectivity index (χ0v) is 12.7. The van der Waals surface area contributed by atoms with Crippen LogP contribution in [0.3, 0.4) is 0 Å². The van der Waals surface area contributed by atoms with Crippen LogP contribution in [0, 0.1) is 5.41 Å². The second-order valence-electron chi connectivity index (χ2n) is 5.53. The first-order valence-electron chi connectivity index (χ1n) is 6.51. The molecule has 2 N–H and O–H groups in total. The summed E-state index contributed by atoms with van der Waals surface area (Å²) < 4.78 is 10.3. The number of amides is 1. The summed E-state index contributed by atoms with van der Waals surface area (Å²) in [6, 6.07) is 5.05. The number of methoxy groups -OCH3 is 2. The van der Waals surface area contributed by atoms with E-state index in [9.17, 15) is 9.59 Å². The maximum atomic E-state index is 12.0. The first kappa shape index (κ1) is 16.8. The highest BCUT2D eigenvalue weighted by Crippen LogP contribution is 2.31. The molecule has 0 aliphatic heterocycles. The molecule has 0 fully saturated rings. The van der Waals surface area contributed by atoms with Crippen molar-refractivity contribution in [2.24, 2.45) is 5.41 Å². The molecule has 6 heteroatoms. The van der Waals surface area contributed by atoms with Crippen LogP contribution in [0.2, 0.25) is 0 Å². The van der Waals surface area contributed by atoms with E-state index in [2.05, 4.69) is 5.32 Å². The van der Waals surface area contributed by atoms with E-state index in [-0.39, 0.29) is 18.7 Å². The van der Waals surface area contributed by atoms with Crippen molar-refractivity contribution in [1.82, 2.24) is 0 Å². The Labute approximate surface area is 124 Å². The Morgan fingerprint density at radius 2 is 1.86 bits per heavy atom. The molecule has 1 amide bonds. The Kier molecular flexibility index (Phi) is 5.58. The topological polar surface area (TPSA) is 84.9 Å². The van der Waals surface area contributed by atoms with Crippen LogP contribution >= 0.6 is 0 Å². The number of benzene rings is 1. The highest BCUT2D eigenvalue weighted by Gasteiger charge is 2.25. The average molecular weight is 295 g/mol. The number of carbonyl (C=O) groups is 2. The van der Waals surface area contributed by atoms with Crippen molar-refractivity contribution in [2.75, 3.05) is 19.5 Å². The SMILES string of the molecule is COc1ccc(NC(=O)CC(C)(C)CC(=O)O)c(OC)c1. The Balaban J connectivity index is 2.77. The molecular formula is C15H21NO5. The quantitative estimate of drug-likeness (QED) is 0.807. The van der Waals surface area contributed by atoms with Crippen molar-refractivity contribution < 1.29 is 24.2 Å². The van der Waals surface area contributed by atoms with E-state index in [0.717, 1.165) is 0 Å². The van der Waals surface area contributed by atoms with Gasteiger partial charge in [-0.2, -0.15) is 0 Å². The van der Waals surface area contributed by atoms with Crippen LogP contribution < -0.4 is 14.8 Å². The van der Waals surface area contributed by atoms with E-state index in [4.69, 9.17) is 14.6 Å². The van der Waals surface area contributed by atoms with Crippen LogP contribution in [0.15, 0.2) is 18.2 Å². The van der Waals surface area contributed by atoms with E-state index in [1.165, 1.54) is 7.11 Å². The minimum atomic E-state index is -0.921. The Hall–Kier alpha value is -2.24. The van der Waals surface area contributed by atoms with Crippen LogP contribution in [-0.4, -0.2) is 31.2 Å². The number of hydrogen-bond acceptors (Lipinski definition) is 4. The van der Waals surface area contributed by atoms with Gasteiger partial charge < -0.3 is 19.9 Å². The van der Waals surface area contributed by atoms with Crippen LogP contribution in [0.5, 0.6) is 11.5 Å². The summed E-state index contributed by atoms with van der Waals surface area (Å²) in [7, 11) is 3.04. The summed E-state index contributed by atoms with van der Waals surface area (Å²) in [5.74, 6) is -0.0747. The first-order valence-corrected chi connectivity index (χ1v) is 6.51. The van der Waals surface area contributed by atoms with E-state index < -0.39 is 11.4 Å². The minimum Gasteiger partial charge on any atom is -0.497 e. The van der Waals surface area contributed by atoms with Crippen LogP contribution in [-0.2, 0) is 9.59 Å². The van der Waals surface area contributed by atoms with Gasteiger partial charge in [-0.15, -0.1) is 0 Å². The number of rotatable bonds is 7. The smallest absolute Gasteiger partial charge is 0.303 e. The Bertz CT molecular complexity index is 525. The molecule has 0 saturated carbocycles. The summed E-state index contributed by atoms with van der Waals surface area (Å²) in [6.07, 6.45) is 0.0364. The van der Waals surface area contributed by atoms with E-state index >= 15 is 0 Å².